The van der Waals surface area contributed by atoms with Crippen LogP contribution in [-0.4, -0.2) is 12.6 Å². The minimum atomic E-state index is 0.541. The number of fused-ring (bicyclic) bond motifs is 1. The molecule has 1 atom stereocenters. The molecule has 2 aromatic carbocycles. The Bertz CT molecular complexity index is 539. The molecule has 0 heterocycles. The number of allylic oxidation sites excluding steroid dienone is 1. The second-order valence-corrected chi connectivity index (χ2v) is 5.36. The molecular weight excluding hydrogens is 242 g/mol. The van der Waals surface area contributed by atoms with Crippen molar-refractivity contribution in [3.8, 4) is 0 Å². The summed E-state index contributed by atoms with van der Waals surface area (Å²) >= 11 is 0. The summed E-state index contributed by atoms with van der Waals surface area (Å²) in [4.78, 5) is 0. The zero-order valence-electron chi connectivity index (χ0n) is 12.4. The maximum atomic E-state index is 3.84. The quantitative estimate of drug-likeness (QED) is 0.683. The third kappa shape index (κ3) is 3.94. The van der Waals surface area contributed by atoms with Crippen molar-refractivity contribution in [1.29, 1.82) is 0 Å². The molecule has 0 fully saturated rings. The lowest BCUT2D eigenvalue weighted by molar-refractivity contribution is 0.482. The first kappa shape index (κ1) is 14.8. The molecule has 20 heavy (non-hydrogen) atoms. The van der Waals surface area contributed by atoms with Crippen LogP contribution in [-0.2, 0) is 6.42 Å². The molecule has 0 spiro atoms. The van der Waals surface area contributed by atoms with Crippen molar-refractivity contribution in [1.82, 2.24) is 5.32 Å². The highest BCUT2D eigenvalue weighted by atomic mass is 14.9. The van der Waals surface area contributed by atoms with Gasteiger partial charge in [0.15, 0.2) is 0 Å². The highest BCUT2D eigenvalue weighted by Crippen LogP contribution is 2.20. The van der Waals surface area contributed by atoms with Crippen LogP contribution < -0.4 is 5.32 Å². The highest BCUT2D eigenvalue weighted by Gasteiger charge is 2.10. The average molecular weight is 267 g/mol. The standard InChI is InChI=1S/C19H25N/c1-3-5-12-18(20-14-4-2)15-17-11-8-10-16-9-6-7-13-19(16)17/h3,6-11,13,18,20H,1,4-5,12,14-15H2,2H3. The minimum absolute atomic E-state index is 0.541. The van der Waals surface area contributed by atoms with Crippen molar-refractivity contribution in [2.24, 2.45) is 0 Å². The van der Waals surface area contributed by atoms with Crippen LogP contribution in [0.1, 0.15) is 31.7 Å². The lowest BCUT2D eigenvalue weighted by Gasteiger charge is -2.19. The summed E-state index contributed by atoms with van der Waals surface area (Å²) in [5.41, 5.74) is 1.45. The van der Waals surface area contributed by atoms with Gasteiger partial charge in [-0.15, -0.1) is 6.58 Å². The van der Waals surface area contributed by atoms with E-state index in [2.05, 4.69) is 61.3 Å². The molecule has 1 unspecified atom stereocenters. The summed E-state index contributed by atoms with van der Waals surface area (Å²) in [7, 11) is 0. The fourth-order valence-electron chi connectivity index (χ4n) is 2.68. The van der Waals surface area contributed by atoms with E-state index in [0.717, 1.165) is 25.8 Å². The Kier molecular flexibility index (Phi) is 5.82. The number of hydrogen-bond acceptors (Lipinski definition) is 1. The van der Waals surface area contributed by atoms with E-state index in [1.54, 1.807) is 0 Å². The fraction of sp³-hybridized carbons (Fsp3) is 0.368. The fourth-order valence-corrected chi connectivity index (χ4v) is 2.68. The van der Waals surface area contributed by atoms with Crippen molar-refractivity contribution in [3.05, 3.63) is 60.7 Å². The maximum Gasteiger partial charge on any atom is 0.0111 e. The van der Waals surface area contributed by atoms with Crippen LogP contribution in [0.4, 0.5) is 0 Å². The van der Waals surface area contributed by atoms with E-state index in [9.17, 15) is 0 Å². The van der Waals surface area contributed by atoms with Crippen LogP contribution >= 0.6 is 0 Å². The second kappa shape index (κ2) is 7.86. The summed E-state index contributed by atoms with van der Waals surface area (Å²) in [5, 5.41) is 6.39. The molecule has 0 aromatic heterocycles. The smallest absolute Gasteiger partial charge is 0.0111 e. The number of rotatable bonds is 8. The number of nitrogens with one attached hydrogen (secondary N) is 1. The molecule has 0 bridgehead atoms. The Morgan fingerprint density at radius 3 is 2.75 bits per heavy atom. The van der Waals surface area contributed by atoms with E-state index in [0.29, 0.717) is 6.04 Å². The van der Waals surface area contributed by atoms with E-state index in [4.69, 9.17) is 0 Å². The molecule has 0 radical (unpaired) electrons. The monoisotopic (exact) mass is 267 g/mol. The molecule has 0 saturated carbocycles. The first-order valence-electron chi connectivity index (χ1n) is 7.66. The SMILES string of the molecule is C=CCCC(Cc1cccc2ccccc12)NCCC. The average Bonchev–Trinajstić information content (AvgIpc) is 2.50. The number of benzene rings is 2. The van der Waals surface area contributed by atoms with Gasteiger partial charge in [0.1, 0.15) is 0 Å². The van der Waals surface area contributed by atoms with Gasteiger partial charge < -0.3 is 5.32 Å². The van der Waals surface area contributed by atoms with Crippen molar-refractivity contribution < 1.29 is 0 Å². The molecule has 2 aromatic rings. The van der Waals surface area contributed by atoms with Gasteiger partial charge in [0.25, 0.3) is 0 Å². The molecule has 0 aliphatic carbocycles. The van der Waals surface area contributed by atoms with E-state index < -0.39 is 0 Å². The van der Waals surface area contributed by atoms with Crippen molar-refractivity contribution in [2.75, 3.05) is 6.54 Å². The summed E-state index contributed by atoms with van der Waals surface area (Å²) in [5.74, 6) is 0. The Hall–Kier alpha value is -1.60. The highest BCUT2D eigenvalue weighted by molar-refractivity contribution is 5.85. The summed E-state index contributed by atoms with van der Waals surface area (Å²) in [6.07, 6.45) is 6.53. The topological polar surface area (TPSA) is 12.0 Å². The summed E-state index contributed by atoms with van der Waals surface area (Å²) in [6, 6.07) is 15.8. The van der Waals surface area contributed by atoms with Gasteiger partial charge in [-0.1, -0.05) is 55.5 Å². The molecule has 1 N–H and O–H groups in total. The van der Waals surface area contributed by atoms with Gasteiger partial charge in [0.05, 0.1) is 0 Å². The van der Waals surface area contributed by atoms with Crippen LogP contribution in [0.15, 0.2) is 55.1 Å². The molecule has 106 valence electrons. The molecule has 1 heteroatoms. The van der Waals surface area contributed by atoms with Crippen molar-refractivity contribution >= 4 is 10.8 Å². The normalized spacial score (nSPS) is 12.4. The Morgan fingerprint density at radius 1 is 1.15 bits per heavy atom. The van der Waals surface area contributed by atoms with Gasteiger partial charge in [0.2, 0.25) is 0 Å². The summed E-state index contributed by atoms with van der Waals surface area (Å²) in [6.45, 7) is 7.15. The predicted octanol–water partition coefficient (Wildman–Crippen LogP) is 4.72. The third-order valence-electron chi connectivity index (χ3n) is 3.75. The van der Waals surface area contributed by atoms with Crippen LogP contribution in [0.3, 0.4) is 0 Å². The van der Waals surface area contributed by atoms with Gasteiger partial charge in [0, 0.05) is 6.04 Å². The summed E-state index contributed by atoms with van der Waals surface area (Å²) < 4.78 is 0. The van der Waals surface area contributed by atoms with Gasteiger partial charge in [-0.2, -0.15) is 0 Å². The molecule has 0 saturated heterocycles. The van der Waals surface area contributed by atoms with Crippen LogP contribution in [0.5, 0.6) is 0 Å². The zero-order chi connectivity index (χ0) is 14.2. The molecule has 0 amide bonds. The van der Waals surface area contributed by atoms with Crippen LogP contribution in [0.2, 0.25) is 0 Å². The van der Waals surface area contributed by atoms with Crippen molar-refractivity contribution in [2.45, 2.75) is 38.6 Å². The van der Waals surface area contributed by atoms with Crippen molar-refractivity contribution in [3.63, 3.8) is 0 Å². The minimum Gasteiger partial charge on any atom is -0.314 e. The lowest BCUT2D eigenvalue weighted by Crippen LogP contribution is -2.31. The Balaban J connectivity index is 2.16. The predicted molar refractivity (Wildman–Crippen MR) is 89.2 cm³/mol. The lowest BCUT2D eigenvalue weighted by atomic mass is 9.96. The van der Waals surface area contributed by atoms with E-state index in [-0.39, 0.29) is 0 Å². The molecule has 1 nitrogen and oxygen atoms in total. The second-order valence-electron chi connectivity index (χ2n) is 5.36. The Morgan fingerprint density at radius 2 is 1.95 bits per heavy atom. The zero-order valence-corrected chi connectivity index (χ0v) is 12.4. The number of hydrogen-bond donors (Lipinski definition) is 1. The van der Waals surface area contributed by atoms with Gasteiger partial charge in [-0.05, 0) is 48.6 Å². The van der Waals surface area contributed by atoms with Crippen LogP contribution in [0.25, 0.3) is 10.8 Å². The molecule has 0 aliphatic heterocycles. The first-order valence-corrected chi connectivity index (χ1v) is 7.66. The Labute approximate surface area is 122 Å². The first-order chi connectivity index (χ1) is 9.85. The van der Waals surface area contributed by atoms with Gasteiger partial charge in [-0.25, -0.2) is 0 Å². The van der Waals surface area contributed by atoms with E-state index in [1.807, 2.05) is 6.08 Å². The van der Waals surface area contributed by atoms with Gasteiger partial charge >= 0.3 is 0 Å². The van der Waals surface area contributed by atoms with E-state index in [1.165, 1.54) is 22.8 Å². The van der Waals surface area contributed by atoms with Gasteiger partial charge in [-0.3, -0.25) is 0 Å². The molecule has 0 aliphatic rings. The largest absolute Gasteiger partial charge is 0.314 e. The molecular formula is C19H25N. The maximum absolute atomic E-state index is 3.84. The van der Waals surface area contributed by atoms with E-state index >= 15 is 0 Å². The third-order valence-corrected chi connectivity index (χ3v) is 3.75. The molecule has 2 rings (SSSR count). The van der Waals surface area contributed by atoms with Crippen LogP contribution in [0, 0.1) is 0 Å².